The van der Waals surface area contributed by atoms with Gasteiger partial charge < -0.3 is 4.74 Å². The molecule has 0 amide bonds. The highest BCUT2D eigenvalue weighted by atomic mass is 19.4. The van der Waals surface area contributed by atoms with Crippen molar-refractivity contribution in [2.24, 2.45) is 17.8 Å². The maximum absolute atomic E-state index is 13.7. The number of halogens is 6. The van der Waals surface area contributed by atoms with Gasteiger partial charge in [0, 0.05) is 11.1 Å². The molecule has 1 atom stereocenters. The number of cyclic esters (lactones) is 1. The van der Waals surface area contributed by atoms with Crippen LogP contribution in [-0.4, -0.2) is 23.0 Å². The van der Waals surface area contributed by atoms with Gasteiger partial charge in [0.25, 0.3) is 0 Å². The largest absolute Gasteiger partial charge is 0.441 e. The van der Waals surface area contributed by atoms with Gasteiger partial charge in [-0.3, -0.25) is 4.79 Å². The molecule has 1 saturated heterocycles. The van der Waals surface area contributed by atoms with Crippen LogP contribution in [0.15, 0.2) is 18.2 Å². The summed E-state index contributed by atoms with van der Waals surface area (Å²) >= 11 is 0. The van der Waals surface area contributed by atoms with Crippen LogP contribution in [0.4, 0.5) is 26.3 Å². The van der Waals surface area contributed by atoms with E-state index in [-0.39, 0.29) is 6.54 Å². The standard InChI is InChI=1S/C21H21F6NO2/c22-20(23,24)14-2-1-3-15(21(25,26)27)17(14)18-28(10-16(29)30-18)19-7-11-4-12(8-19)6-13(5-11)9-19/h1-3,11-13,18H,4-10H2. The Morgan fingerprint density at radius 3 is 1.77 bits per heavy atom. The van der Waals surface area contributed by atoms with Gasteiger partial charge in [-0.25, -0.2) is 4.90 Å². The van der Waals surface area contributed by atoms with Gasteiger partial charge in [-0.1, -0.05) is 6.07 Å². The van der Waals surface area contributed by atoms with E-state index < -0.39 is 46.8 Å². The first-order valence-corrected chi connectivity index (χ1v) is 10.2. The van der Waals surface area contributed by atoms with Crippen molar-refractivity contribution in [2.45, 2.75) is 62.6 Å². The molecule has 30 heavy (non-hydrogen) atoms. The molecule has 164 valence electrons. The van der Waals surface area contributed by atoms with E-state index in [0.717, 1.165) is 25.3 Å². The molecule has 1 aromatic rings. The van der Waals surface area contributed by atoms with Gasteiger partial charge in [0.15, 0.2) is 6.23 Å². The summed E-state index contributed by atoms with van der Waals surface area (Å²) in [4.78, 5) is 13.8. The summed E-state index contributed by atoms with van der Waals surface area (Å²) in [5, 5.41) is 0. The van der Waals surface area contributed by atoms with Crippen molar-refractivity contribution < 1.29 is 35.9 Å². The third kappa shape index (κ3) is 3.11. The Labute approximate surface area is 169 Å². The lowest BCUT2D eigenvalue weighted by Gasteiger charge is -2.60. The minimum Gasteiger partial charge on any atom is -0.441 e. The van der Waals surface area contributed by atoms with E-state index in [0.29, 0.717) is 49.1 Å². The number of carbonyl (C=O) groups excluding carboxylic acids is 1. The van der Waals surface area contributed by atoms with Crippen LogP contribution in [-0.2, 0) is 21.9 Å². The number of rotatable bonds is 2. The van der Waals surface area contributed by atoms with Gasteiger partial charge >= 0.3 is 18.3 Å². The monoisotopic (exact) mass is 433 g/mol. The van der Waals surface area contributed by atoms with E-state index >= 15 is 0 Å². The molecule has 4 saturated carbocycles. The Morgan fingerprint density at radius 2 is 1.33 bits per heavy atom. The summed E-state index contributed by atoms with van der Waals surface area (Å²) in [6.07, 6.45) is -6.43. The maximum Gasteiger partial charge on any atom is 0.416 e. The van der Waals surface area contributed by atoms with Gasteiger partial charge in [-0.2, -0.15) is 26.3 Å². The van der Waals surface area contributed by atoms with Crippen molar-refractivity contribution in [1.29, 1.82) is 0 Å². The SMILES string of the molecule is O=C1CN(C23CC4CC(CC(C4)C2)C3)C(c2c(C(F)(F)F)cccc2C(F)(F)F)O1. The fourth-order valence-electron chi connectivity index (χ4n) is 6.82. The smallest absolute Gasteiger partial charge is 0.416 e. The number of hydrogen-bond acceptors (Lipinski definition) is 3. The van der Waals surface area contributed by atoms with Gasteiger partial charge in [-0.05, 0) is 68.4 Å². The van der Waals surface area contributed by atoms with E-state index in [1.54, 1.807) is 0 Å². The topological polar surface area (TPSA) is 29.5 Å². The predicted octanol–water partition coefficient (Wildman–Crippen LogP) is 5.55. The number of ether oxygens (including phenoxy) is 1. The van der Waals surface area contributed by atoms with Crippen molar-refractivity contribution in [2.75, 3.05) is 6.54 Å². The molecule has 0 spiro atoms. The highest BCUT2D eigenvalue weighted by Gasteiger charge is 2.59. The maximum atomic E-state index is 13.7. The second-order valence-electron chi connectivity index (χ2n) is 9.37. The second kappa shape index (κ2) is 6.37. The predicted molar refractivity (Wildman–Crippen MR) is 92.9 cm³/mol. The number of carbonyl (C=O) groups is 1. The molecule has 4 bridgehead atoms. The summed E-state index contributed by atoms with van der Waals surface area (Å²) < 4.78 is 87.6. The Balaban J connectivity index is 1.64. The molecular weight excluding hydrogens is 412 g/mol. The zero-order valence-electron chi connectivity index (χ0n) is 16.0. The van der Waals surface area contributed by atoms with Crippen molar-refractivity contribution in [3.05, 3.63) is 34.9 Å². The molecule has 1 aliphatic heterocycles. The average molecular weight is 433 g/mol. The van der Waals surface area contributed by atoms with Gasteiger partial charge in [0.1, 0.15) is 6.54 Å². The van der Waals surface area contributed by atoms with E-state index in [9.17, 15) is 31.1 Å². The second-order valence-corrected chi connectivity index (χ2v) is 9.37. The molecule has 3 nitrogen and oxygen atoms in total. The summed E-state index contributed by atoms with van der Waals surface area (Å²) in [5.41, 5.74) is -4.36. The Kier molecular flexibility index (Phi) is 4.28. The molecule has 9 heteroatoms. The lowest BCUT2D eigenvalue weighted by Crippen LogP contribution is -2.60. The first kappa shape index (κ1) is 20.2. The van der Waals surface area contributed by atoms with E-state index in [1.807, 2.05) is 0 Å². The number of hydrogen-bond donors (Lipinski definition) is 0. The fourth-order valence-corrected chi connectivity index (χ4v) is 6.82. The Hall–Kier alpha value is -1.77. The number of alkyl halides is 6. The molecule has 0 aromatic heterocycles. The van der Waals surface area contributed by atoms with Crippen molar-refractivity contribution in [1.82, 2.24) is 4.90 Å². The summed E-state index contributed by atoms with van der Waals surface area (Å²) in [7, 11) is 0. The first-order chi connectivity index (χ1) is 14.0. The van der Waals surface area contributed by atoms with Crippen molar-refractivity contribution >= 4 is 5.97 Å². The summed E-state index contributed by atoms with van der Waals surface area (Å²) in [6, 6.07) is 2.02. The molecule has 0 N–H and O–H groups in total. The van der Waals surface area contributed by atoms with Crippen LogP contribution in [0.2, 0.25) is 0 Å². The zero-order chi connectivity index (χ0) is 21.5. The third-order valence-electron chi connectivity index (χ3n) is 7.40. The van der Waals surface area contributed by atoms with Crippen LogP contribution < -0.4 is 0 Å². The molecule has 5 fully saturated rings. The van der Waals surface area contributed by atoms with E-state index in [2.05, 4.69) is 0 Å². The highest BCUT2D eigenvalue weighted by Crippen LogP contribution is 2.60. The number of esters is 1. The highest BCUT2D eigenvalue weighted by molar-refractivity contribution is 5.74. The third-order valence-corrected chi connectivity index (χ3v) is 7.40. The normalized spacial score (nSPS) is 36.4. The van der Waals surface area contributed by atoms with E-state index in [4.69, 9.17) is 4.74 Å². The molecule has 1 heterocycles. The quantitative estimate of drug-likeness (QED) is 0.453. The Morgan fingerprint density at radius 1 is 0.867 bits per heavy atom. The number of nitrogens with zero attached hydrogens (tertiary/aromatic N) is 1. The number of benzene rings is 1. The molecule has 5 aliphatic rings. The van der Waals surface area contributed by atoms with Crippen molar-refractivity contribution in [3.63, 3.8) is 0 Å². The minimum absolute atomic E-state index is 0.277. The molecule has 1 aromatic carbocycles. The minimum atomic E-state index is -5.00. The van der Waals surface area contributed by atoms with Crippen LogP contribution in [0, 0.1) is 17.8 Å². The molecule has 4 aliphatic carbocycles. The van der Waals surface area contributed by atoms with Crippen LogP contribution in [0.25, 0.3) is 0 Å². The van der Waals surface area contributed by atoms with Crippen LogP contribution in [0.3, 0.4) is 0 Å². The zero-order valence-corrected chi connectivity index (χ0v) is 16.0. The van der Waals surface area contributed by atoms with Gasteiger partial charge in [0.05, 0.1) is 11.1 Å². The van der Waals surface area contributed by atoms with Gasteiger partial charge in [0.2, 0.25) is 0 Å². The Bertz CT molecular complexity index is 810. The first-order valence-electron chi connectivity index (χ1n) is 10.2. The van der Waals surface area contributed by atoms with E-state index in [1.165, 1.54) is 4.90 Å². The molecule has 0 radical (unpaired) electrons. The van der Waals surface area contributed by atoms with Crippen LogP contribution in [0.1, 0.15) is 61.4 Å². The average Bonchev–Trinajstić information content (AvgIpc) is 3.01. The van der Waals surface area contributed by atoms with Crippen molar-refractivity contribution in [3.8, 4) is 0 Å². The molecule has 6 rings (SSSR count). The van der Waals surface area contributed by atoms with Crippen LogP contribution in [0.5, 0.6) is 0 Å². The summed E-state index contributed by atoms with van der Waals surface area (Å²) in [6.45, 7) is -0.277. The van der Waals surface area contributed by atoms with Crippen LogP contribution >= 0.6 is 0 Å². The summed E-state index contributed by atoms with van der Waals surface area (Å²) in [5.74, 6) is 0.452. The molecular formula is C21H21F6NO2. The fraction of sp³-hybridized carbons (Fsp3) is 0.667. The molecule has 1 unspecified atom stereocenters. The lowest BCUT2D eigenvalue weighted by atomic mass is 9.52. The van der Waals surface area contributed by atoms with Gasteiger partial charge in [-0.15, -0.1) is 0 Å². The lowest BCUT2D eigenvalue weighted by molar-refractivity contribution is -0.160.